The summed E-state index contributed by atoms with van der Waals surface area (Å²) in [5.41, 5.74) is 0.663. The molecule has 10 heteroatoms. The Morgan fingerprint density at radius 2 is 1.92 bits per heavy atom. The Kier molecular flexibility index (Phi) is 5.50. The van der Waals surface area contributed by atoms with Crippen molar-refractivity contribution in [1.29, 1.82) is 0 Å². The van der Waals surface area contributed by atoms with Crippen LogP contribution in [0.4, 0.5) is 10.5 Å². The van der Waals surface area contributed by atoms with Crippen molar-refractivity contribution in [2.24, 2.45) is 5.10 Å². The minimum absolute atomic E-state index is 0. The van der Waals surface area contributed by atoms with E-state index in [1.807, 2.05) is 0 Å². The molecule has 116 valence electrons. The number of nitro benzene ring substituents is 1. The number of carbonyl (C=O) groups is 2. The van der Waals surface area contributed by atoms with Gasteiger partial charge >= 0.3 is 35.6 Å². The number of urea groups is 1. The normalized spacial score (nSPS) is 13.9. The van der Waals surface area contributed by atoms with Gasteiger partial charge in [-0.05, 0) is 24.3 Å². The Bertz CT molecular complexity index is 815. The minimum atomic E-state index is -0.589. The van der Waals surface area contributed by atoms with E-state index in [1.54, 1.807) is 24.3 Å². The van der Waals surface area contributed by atoms with Gasteiger partial charge in [0.2, 0.25) is 5.91 Å². The number of imide groups is 1. The average Bonchev–Trinajstić information content (AvgIpc) is 3.11. The van der Waals surface area contributed by atoms with Crippen LogP contribution >= 0.6 is 0 Å². The Morgan fingerprint density at radius 1 is 1.21 bits per heavy atom. The molecule has 0 aliphatic carbocycles. The smallest absolute Gasteiger partial charge is 0.455 e. The zero-order valence-electron chi connectivity index (χ0n) is 12.6. The largest absolute Gasteiger partial charge is 1.00 e. The topological polar surface area (TPSA) is 118 Å². The third-order valence-corrected chi connectivity index (χ3v) is 3.09. The van der Waals surface area contributed by atoms with Crippen molar-refractivity contribution in [3.63, 3.8) is 0 Å². The van der Waals surface area contributed by atoms with Crippen molar-refractivity contribution < 1.29 is 48.5 Å². The number of nitro groups is 1. The van der Waals surface area contributed by atoms with Gasteiger partial charge in [-0.25, -0.2) is 9.80 Å². The van der Waals surface area contributed by atoms with Crippen LogP contribution < -0.4 is 34.9 Å². The van der Waals surface area contributed by atoms with Gasteiger partial charge in [0.05, 0.1) is 11.1 Å². The molecule has 3 rings (SSSR count). The first-order valence-electron chi connectivity index (χ1n) is 6.53. The molecule has 0 bridgehead atoms. The summed E-state index contributed by atoms with van der Waals surface area (Å²) in [4.78, 5) is 32.5. The van der Waals surface area contributed by atoms with Crippen molar-refractivity contribution in [3.05, 3.63) is 52.3 Å². The van der Waals surface area contributed by atoms with Crippen molar-refractivity contribution in [1.82, 2.24) is 10.3 Å². The number of nitrogens with one attached hydrogen (secondary N) is 1. The quantitative estimate of drug-likeness (QED) is 0.246. The number of hydrogen-bond donors (Lipinski definition) is 1. The van der Waals surface area contributed by atoms with Crippen LogP contribution in [-0.2, 0) is 4.79 Å². The molecule has 9 nitrogen and oxygen atoms in total. The standard InChI is InChI=1S/C14H10N4O5.Na/c19-13-8-17(14(20)16-13)15-7-11-5-6-12(23-11)9-1-3-10(4-2-9)18(21)22;/h1-7H,8H2,(H,16,19,20);/q;+1/b15-7+;. The molecule has 1 saturated heterocycles. The molecule has 1 aliphatic rings. The Labute approximate surface area is 157 Å². The minimum Gasteiger partial charge on any atom is -0.455 e. The summed E-state index contributed by atoms with van der Waals surface area (Å²) < 4.78 is 5.53. The molecule has 0 radical (unpaired) electrons. The van der Waals surface area contributed by atoms with Gasteiger partial charge < -0.3 is 4.42 Å². The molecular weight excluding hydrogens is 327 g/mol. The maximum Gasteiger partial charge on any atom is 1.00 e. The Hall–Kier alpha value is -2.49. The molecule has 0 unspecified atom stereocenters. The maximum absolute atomic E-state index is 11.3. The van der Waals surface area contributed by atoms with Crippen LogP contribution in [0.5, 0.6) is 0 Å². The summed E-state index contributed by atoms with van der Waals surface area (Å²) >= 11 is 0. The van der Waals surface area contributed by atoms with Gasteiger partial charge in [-0.15, -0.1) is 0 Å². The number of amides is 3. The molecule has 2 heterocycles. The first kappa shape index (κ1) is 17.9. The fraction of sp³-hybridized carbons (Fsp3) is 0.0714. The van der Waals surface area contributed by atoms with E-state index in [1.165, 1.54) is 18.3 Å². The van der Waals surface area contributed by atoms with Crippen molar-refractivity contribution >= 4 is 23.8 Å². The number of hydrazone groups is 1. The van der Waals surface area contributed by atoms with E-state index in [-0.39, 0.29) is 41.8 Å². The summed E-state index contributed by atoms with van der Waals surface area (Å²) in [6.45, 7) is -0.134. The molecule has 2 aromatic rings. The Balaban J connectivity index is 0.00000208. The number of carbonyl (C=O) groups excluding carboxylic acids is 2. The van der Waals surface area contributed by atoms with Crippen molar-refractivity contribution in [3.8, 4) is 11.3 Å². The summed E-state index contributed by atoms with van der Waals surface area (Å²) in [6.07, 6.45) is 1.31. The molecule has 24 heavy (non-hydrogen) atoms. The molecular formula is C14H10N4NaO5+. The molecule has 0 spiro atoms. The number of hydrogen-bond acceptors (Lipinski definition) is 6. The molecule has 1 aliphatic heterocycles. The fourth-order valence-electron chi connectivity index (χ4n) is 1.98. The number of rotatable bonds is 4. The predicted molar refractivity (Wildman–Crippen MR) is 78.6 cm³/mol. The van der Waals surface area contributed by atoms with E-state index >= 15 is 0 Å². The van der Waals surface area contributed by atoms with Gasteiger partial charge in [0.1, 0.15) is 18.1 Å². The summed E-state index contributed by atoms with van der Waals surface area (Å²) in [7, 11) is 0. The van der Waals surface area contributed by atoms with Crippen molar-refractivity contribution in [2.45, 2.75) is 0 Å². The van der Waals surface area contributed by atoms with Gasteiger partial charge in [0.25, 0.3) is 5.69 Å². The number of nitrogens with zero attached hydrogens (tertiary/aromatic N) is 3. The van der Waals surface area contributed by atoms with Crippen LogP contribution in [0.3, 0.4) is 0 Å². The van der Waals surface area contributed by atoms with Crippen LogP contribution in [0.25, 0.3) is 11.3 Å². The van der Waals surface area contributed by atoms with E-state index in [4.69, 9.17) is 4.42 Å². The first-order valence-corrected chi connectivity index (χ1v) is 6.53. The molecule has 0 saturated carbocycles. The van der Waals surface area contributed by atoms with Gasteiger partial charge in [0, 0.05) is 17.7 Å². The van der Waals surface area contributed by atoms with E-state index in [0.717, 1.165) is 5.01 Å². The molecule has 0 atom stereocenters. The van der Waals surface area contributed by atoms with E-state index in [0.29, 0.717) is 17.1 Å². The van der Waals surface area contributed by atoms with Gasteiger partial charge in [-0.2, -0.15) is 5.10 Å². The van der Waals surface area contributed by atoms with Crippen LogP contribution in [-0.4, -0.2) is 34.6 Å². The third kappa shape index (κ3) is 3.88. The van der Waals surface area contributed by atoms with Crippen LogP contribution in [0.2, 0.25) is 0 Å². The predicted octanol–water partition coefficient (Wildman–Crippen LogP) is -1.26. The van der Waals surface area contributed by atoms with Crippen LogP contribution in [0.15, 0.2) is 45.9 Å². The molecule has 1 fully saturated rings. The molecule has 1 aromatic carbocycles. The monoisotopic (exact) mass is 337 g/mol. The van der Waals surface area contributed by atoms with E-state index in [2.05, 4.69) is 10.4 Å². The first-order chi connectivity index (χ1) is 11.0. The second kappa shape index (κ2) is 7.39. The van der Waals surface area contributed by atoms with E-state index in [9.17, 15) is 19.7 Å². The maximum atomic E-state index is 11.3. The second-order valence-corrected chi connectivity index (χ2v) is 4.66. The number of furan rings is 1. The zero-order chi connectivity index (χ0) is 16.4. The number of non-ortho nitro benzene ring substituents is 1. The van der Waals surface area contributed by atoms with Crippen molar-refractivity contribution in [2.75, 3.05) is 6.54 Å². The van der Waals surface area contributed by atoms with Gasteiger partial charge in [0.15, 0.2) is 0 Å². The second-order valence-electron chi connectivity index (χ2n) is 4.66. The molecule has 3 amide bonds. The molecule has 1 aromatic heterocycles. The third-order valence-electron chi connectivity index (χ3n) is 3.09. The Morgan fingerprint density at radius 3 is 2.50 bits per heavy atom. The van der Waals surface area contributed by atoms with Crippen LogP contribution in [0.1, 0.15) is 5.76 Å². The van der Waals surface area contributed by atoms with E-state index < -0.39 is 16.9 Å². The fourth-order valence-corrected chi connectivity index (χ4v) is 1.98. The number of benzene rings is 1. The zero-order valence-corrected chi connectivity index (χ0v) is 14.6. The summed E-state index contributed by atoms with van der Waals surface area (Å²) in [5.74, 6) is 0.465. The summed E-state index contributed by atoms with van der Waals surface area (Å²) in [5, 5.41) is 17.6. The average molecular weight is 337 g/mol. The van der Waals surface area contributed by atoms with Gasteiger partial charge in [-0.3, -0.25) is 20.2 Å². The summed E-state index contributed by atoms with van der Waals surface area (Å²) in [6, 6.07) is 8.63. The van der Waals surface area contributed by atoms with Gasteiger partial charge in [-0.1, -0.05) is 0 Å². The molecule has 1 N–H and O–H groups in total. The van der Waals surface area contributed by atoms with Crippen LogP contribution in [0, 0.1) is 10.1 Å². The SMILES string of the molecule is O=C1CN(/N=C/c2ccc(-c3ccc([N+](=O)[O-])cc3)o2)C(=O)N1.[Na+].